The second kappa shape index (κ2) is 12.4. The van der Waals surface area contributed by atoms with Crippen LogP contribution in [0, 0.1) is 5.92 Å². The predicted octanol–water partition coefficient (Wildman–Crippen LogP) is 6.77. The minimum atomic E-state index is -0.191. The average Bonchev–Trinajstić information content (AvgIpc) is 3.53. The van der Waals surface area contributed by atoms with Crippen molar-refractivity contribution in [1.82, 2.24) is 15.3 Å². The number of carbonyl (C=O) groups excluding carboxylic acids is 1. The molecule has 0 bridgehead atoms. The number of allylic oxidation sites excluding steroid dienone is 4. The second-order valence-electron chi connectivity index (χ2n) is 10.0. The fraction of sp³-hybridized carbons (Fsp3) is 0.323. The lowest BCUT2D eigenvalue weighted by atomic mass is 9.78. The van der Waals surface area contributed by atoms with E-state index in [1.54, 1.807) is 19.4 Å². The van der Waals surface area contributed by atoms with Gasteiger partial charge >= 0.3 is 0 Å². The van der Waals surface area contributed by atoms with E-state index < -0.39 is 0 Å². The number of nitrogens with one attached hydrogen (secondary N) is 2. The Morgan fingerprint density at radius 3 is 2.39 bits per heavy atom. The topological polar surface area (TPSA) is 94.6 Å². The van der Waals surface area contributed by atoms with E-state index in [0.29, 0.717) is 55.8 Å². The lowest BCUT2D eigenvalue weighted by Gasteiger charge is -2.37. The molecule has 0 spiro atoms. The number of rotatable bonds is 9. The van der Waals surface area contributed by atoms with E-state index in [0.717, 1.165) is 31.1 Å². The van der Waals surface area contributed by atoms with Crippen LogP contribution in [-0.4, -0.2) is 49.3 Å². The molecule has 3 aromatic rings. The molecule has 1 amide bonds. The molecule has 2 aliphatic rings. The summed E-state index contributed by atoms with van der Waals surface area (Å²) >= 11 is 13.4. The number of nitrogens with zero attached hydrogens (tertiary/aromatic N) is 2. The van der Waals surface area contributed by atoms with Crippen LogP contribution in [0.1, 0.15) is 25.7 Å². The minimum Gasteiger partial charge on any atom is -0.496 e. The van der Waals surface area contributed by atoms with Crippen molar-refractivity contribution in [2.24, 2.45) is 5.92 Å². The van der Waals surface area contributed by atoms with Gasteiger partial charge in [-0.15, -0.1) is 0 Å². The predicted molar refractivity (Wildman–Crippen MR) is 163 cm³/mol. The highest BCUT2D eigenvalue weighted by Gasteiger charge is 2.33. The van der Waals surface area contributed by atoms with Gasteiger partial charge in [-0.1, -0.05) is 53.6 Å². The monoisotopic (exact) mass is 594 g/mol. The lowest BCUT2D eigenvalue weighted by Crippen LogP contribution is -2.50. The van der Waals surface area contributed by atoms with Crippen molar-refractivity contribution in [3.63, 3.8) is 0 Å². The van der Waals surface area contributed by atoms with Gasteiger partial charge in [0.05, 0.1) is 36.9 Å². The number of ether oxygens (including phenoxy) is 3. The quantitative estimate of drug-likeness (QED) is 0.264. The number of methoxy groups -OCH3 is 3. The molecule has 1 fully saturated rings. The van der Waals surface area contributed by atoms with Crippen LogP contribution in [0.25, 0.3) is 22.0 Å². The molecule has 0 saturated heterocycles. The van der Waals surface area contributed by atoms with Gasteiger partial charge in [-0.25, -0.2) is 9.97 Å². The van der Waals surface area contributed by atoms with Gasteiger partial charge in [-0.05, 0) is 43.7 Å². The first-order valence-electron chi connectivity index (χ1n) is 13.4. The third-order valence-electron chi connectivity index (χ3n) is 7.75. The van der Waals surface area contributed by atoms with E-state index in [-0.39, 0.29) is 18.0 Å². The number of aromatic nitrogens is 2. The van der Waals surface area contributed by atoms with Crippen molar-refractivity contribution < 1.29 is 19.0 Å². The molecule has 1 aromatic heterocycles. The van der Waals surface area contributed by atoms with Crippen LogP contribution in [0.15, 0.2) is 60.9 Å². The third-order valence-corrected chi connectivity index (χ3v) is 8.50. The standard InChI is InChI=1S/C31H32Cl2N4O4/c1-5-27(38)35-23-13-18(17-8-6-7-9-17)10-11-21(23)36-31-34-16-19-12-20(24(39-2)14-22(19)37-31)28-29(32)25(40-3)15-26(41-4)30(28)33/h5-8,12,14-16,18,21,23H,1,9-11,13H2,2-4H3,(H,35,38)(H,34,36,37). The summed E-state index contributed by atoms with van der Waals surface area (Å²) in [7, 11) is 4.63. The number of hydrogen-bond acceptors (Lipinski definition) is 7. The van der Waals surface area contributed by atoms with E-state index in [9.17, 15) is 4.79 Å². The number of fused-ring (bicyclic) bond motifs is 1. The van der Waals surface area contributed by atoms with E-state index in [1.807, 2.05) is 12.1 Å². The maximum absolute atomic E-state index is 12.3. The highest BCUT2D eigenvalue weighted by Crippen LogP contribution is 2.49. The smallest absolute Gasteiger partial charge is 0.243 e. The normalized spacial score (nSPS) is 19.9. The summed E-state index contributed by atoms with van der Waals surface area (Å²) < 4.78 is 16.6. The number of amides is 1. The van der Waals surface area contributed by atoms with Gasteiger partial charge < -0.3 is 24.8 Å². The van der Waals surface area contributed by atoms with Crippen LogP contribution in [0.4, 0.5) is 5.95 Å². The first-order chi connectivity index (χ1) is 19.9. The molecular formula is C31H32Cl2N4O4. The van der Waals surface area contributed by atoms with Crippen molar-refractivity contribution in [1.29, 1.82) is 0 Å². The number of hydrogen-bond donors (Lipinski definition) is 2. The SMILES string of the molecule is C=CC(=O)NC1CC(C2=CC=CC2)CCC1Nc1ncc2cc(-c3c(Cl)c(OC)cc(OC)c3Cl)c(OC)cc2n1. The minimum absolute atomic E-state index is 0.0365. The molecule has 0 radical (unpaired) electrons. The molecule has 41 heavy (non-hydrogen) atoms. The highest BCUT2D eigenvalue weighted by molar-refractivity contribution is 6.41. The van der Waals surface area contributed by atoms with Crippen LogP contribution in [0.2, 0.25) is 10.0 Å². The Balaban J connectivity index is 1.46. The summed E-state index contributed by atoms with van der Waals surface area (Å²) in [4.78, 5) is 21.6. The molecule has 1 heterocycles. The van der Waals surface area contributed by atoms with Gasteiger partial charge in [0.2, 0.25) is 11.9 Å². The summed E-state index contributed by atoms with van der Waals surface area (Å²) in [6.07, 6.45) is 13.2. The molecule has 1 saturated carbocycles. The Kier molecular flexibility index (Phi) is 8.71. The highest BCUT2D eigenvalue weighted by atomic mass is 35.5. The Bertz CT molecular complexity index is 1530. The van der Waals surface area contributed by atoms with Crippen LogP contribution >= 0.6 is 23.2 Å². The molecule has 2 N–H and O–H groups in total. The van der Waals surface area contributed by atoms with Gasteiger partial charge in [0.1, 0.15) is 17.2 Å². The molecule has 2 aliphatic carbocycles. The van der Waals surface area contributed by atoms with E-state index in [2.05, 4.69) is 40.4 Å². The van der Waals surface area contributed by atoms with E-state index in [1.165, 1.54) is 25.9 Å². The van der Waals surface area contributed by atoms with Crippen molar-refractivity contribution in [3.8, 4) is 28.4 Å². The largest absolute Gasteiger partial charge is 0.496 e. The number of carbonyl (C=O) groups is 1. The Hall–Kier alpha value is -3.75. The van der Waals surface area contributed by atoms with Crippen LogP contribution in [0.3, 0.4) is 0 Å². The molecule has 0 aliphatic heterocycles. The van der Waals surface area contributed by atoms with Crippen molar-refractivity contribution in [2.45, 2.75) is 37.8 Å². The van der Waals surface area contributed by atoms with E-state index >= 15 is 0 Å². The molecule has 8 nitrogen and oxygen atoms in total. The summed E-state index contributed by atoms with van der Waals surface area (Å²) in [5.41, 5.74) is 3.26. The van der Waals surface area contributed by atoms with Gasteiger partial charge in [0.15, 0.2) is 0 Å². The lowest BCUT2D eigenvalue weighted by molar-refractivity contribution is -0.117. The molecule has 3 atom stereocenters. The maximum Gasteiger partial charge on any atom is 0.243 e. The molecule has 10 heteroatoms. The maximum atomic E-state index is 12.3. The number of anilines is 1. The first kappa shape index (κ1) is 28.8. The van der Waals surface area contributed by atoms with Gasteiger partial charge in [-0.3, -0.25) is 4.79 Å². The average molecular weight is 596 g/mol. The molecule has 2 aromatic carbocycles. The fourth-order valence-electron chi connectivity index (χ4n) is 5.63. The van der Waals surface area contributed by atoms with Crippen molar-refractivity contribution in [2.75, 3.05) is 26.6 Å². The fourth-order valence-corrected chi connectivity index (χ4v) is 6.33. The van der Waals surface area contributed by atoms with E-state index in [4.69, 9.17) is 42.4 Å². The Morgan fingerprint density at radius 1 is 1.02 bits per heavy atom. The molecular weight excluding hydrogens is 563 g/mol. The number of halogens is 2. The van der Waals surface area contributed by atoms with Crippen molar-refractivity contribution in [3.05, 3.63) is 70.9 Å². The molecule has 3 unspecified atom stereocenters. The zero-order chi connectivity index (χ0) is 29.1. The van der Waals surface area contributed by atoms with Gasteiger partial charge in [0, 0.05) is 46.9 Å². The van der Waals surface area contributed by atoms with Gasteiger partial charge in [-0.2, -0.15) is 0 Å². The zero-order valence-corrected chi connectivity index (χ0v) is 24.7. The Labute approximate surface area is 249 Å². The second-order valence-corrected chi connectivity index (χ2v) is 10.8. The zero-order valence-electron chi connectivity index (χ0n) is 23.2. The third kappa shape index (κ3) is 5.85. The number of benzene rings is 2. The summed E-state index contributed by atoms with van der Waals surface area (Å²) in [6, 6.07) is 5.22. The Morgan fingerprint density at radius 2 is 1.76 bits per heavy atom. The van der Waals surface area contributed by atoms with Crippen molar-refractivity contribution >= 4 is 46.0 Å². The van der Waals surface area contributed by atoms with Crippen LogP contribution in [-0.2, 0) is 4.79 Å². The summed E-state index contributed by atoms with van der Waals surface area (Å²) in [5, 5.41) is 8.02. The van der Waals surface area contributed by atoms with Crippen LogP contribution in [0.5, 0.6) is 17.2 Å². The van der Waals surface area contributed by atoms with Gasteiger partial charge in [0.25, 0.3) is 0 Å². The molecule has 214 valence electrons. The molecule has 5 rings (SSSR count). The summed E-state index contributed by atoms with van der Waals surface area (Å²) in [6.45, 7) is 3.62. The first-order valence-corrected chi connectivity index (χ1v) is 14.1. The summed E-state index contributed by atoms with van der Waals surface area (Å²) in [5.74, 6) is 2.07. The van der Waals surface area contributed by atoms with Crippen LogP contribution < -0.4 is 24.8 Å².